The molecule has 9 heteroatoms. The van der Waals surface area contributed by atoms with Crippen molar-refractivity contribution in [3.63, 3.8) is 0 Å². The first-order valence-corrected chi connectivity index (χ1v) is 6.67. The number of nitrogens with zero attached hydrogens (tertiary/aromatic N) is 4. The molecule has 0 atom stereocenters. The standard InChI is InChI=1S/C12H11BrN4O4/c1-6-9(4-11(18)19)7(2)16(15-6)12-10(13)3-8(5-14-12)17(20)21/h3,5H,4H2,1-2H3,(H,18,19). The molecule has 0 aliphatic carbocycles. The van der Waals surface area contributed by atoms with Gasteiger partial charge in [0.1, 0.15) is 6.20 Å². The van der Waals surface area contributed by atoms with Crippen LogP contribution in [0.1, 0.15) is 17.0 Å². The first-order chi connectivity index (χ1) is 9.81. The lowest BCUT2D eigenvalue weighted by Crippen LogP contribution is -2.05. The Balaban J connectivity index is 2.53. The van der Waals surface area contributed by atoms with Gasteiger partial charge in [0.25, 0.3) is 5.69 Å². The maximum atomic E-state index is 10.9. The average Bonchev–Trinajstić information content (AvgIpc) is 2.66. The fourth-order valence-corrected chi connectivity index (χ4v) is 2.47. The van der Waals surface area contributed by atoms with Crippen molar-refractivity contribution in [1.29, 1.82) is 0 Å². The molecule has 2 heterocycles. The van der Waals surface area contributed by atoms with Gasteiger partial charge in [0.05, 0.1) is 21.5 Å². The molecular formula is C12H11BrN4O4. The maximum Gasteiger partial charge on any atom is 0.307 e. The number of aliphatic carboxylic acids is 1. The van der Waals surface area contributed by atoms with Crippen LogP contribution in [0.4, 0.5) is 5.69 Å². The molecule has 0 unspecified atom stereocenters. The van der Waals surface area contributed by atoms with E-state index < -0.39 is 10.9 Å². The molecule has 0 aliphatic rings. The third-order valence-corrected chi connectivity index (χ3v) is 3.57. The zero-order valence-electron chi connectivity index (χ0n) is 11.2. The molecule has 110 valence electrons. The lowest BCUT2D eigenvalue weighted by molar-refractivity contribution is -0.385. The van der Waals surface area contributed by atoms with Crippen molar-refractivity contribution in [2.75, 3.05) is 0 Å². The van der Waals surface area contributed by atoms with E-state index in [-0.39, 0.29) is 12.1 Å². The summed E-state index contributed by atoms with van der Waals surface area (Å²) in [7, 11) is 0. The van der Waals surface area contributed by atoms with Crippen LogP contribution in [0, 0.1) is 24.0 Å². The van der Waals surface area contributed by atoms with Crippen molar-refractivity contribution in [2.45, 2.75) is 20.3 Å². The minimum Gasteiger partial charge on any atom is -0.481 e. The molecule has 0 fully saturated rings. The summed E-state index contributed by atoms with van der Waals surface area (Å²) in [5.41, 5.74) is 1.69. The Bertz CT molecular complexity index is 741. The first kappa shape index (κ1) is 15.1. The third-order valence-electron chi connectivity index (χ3n) is 2.99. The monoisotopic (exact) mass is 354 g/mol. The van der Waals surface area contributed by atoms with Gasteiger partial charge >= 0.3 is 5.97 Å². The predicted molar refractivity (Wildman–Crippen MR) is 76.5 cm³/mol. The van der Waals surface area contributed by atoms with E-state index in [4.69, 9.17) is 5.11 Å². The van der Waals surface area contributed by atoms with Gasteiger partial charge in [-0.1, -0.05) is 0 Å². The van der Waals surface area contributed by atoms with E-state index in [1.807, 2.05) is 0 Å². The van der Waals surface area contributed by atoms with Gasteiger partial charge in [-0.15, -0.1) is 0 Å². The number of nitro groups is 1. The van der Waals surface area contributed by atoms with E-state index >= 15 is 0 Å². The highest BCUT2D eigenvalue weighted by molar-refractivity contribution is 9.10. The normalized spacial score (nSPS) is 10.6. The number of carboxylic acid groups (broad SMARTS) is 1. The van der Waals surface area contributed by atoms with Crippen LogP contribution in [0.3, 0.4) is 0 Å². The largest absolute Gasteiger partial charge is 0.481 e. The molecule has 0 radical (unpaired) electrons. The SMILES string of the molecule is Cc1nn(-c2ncc([N+](=O)[O-])cc2Br)c(C)c1CC(=O)O. The number of carboxylic acids is 1. The van der Waals surface area contributed by atoms with E-state index in [2.05, 4.69) is 26.0 Å². The second kappa shape index (κ2) is 5.60. The molecule has 0 aromatic carbocycles. The minimum atomic E-state index is -0.948. The van der Waals surface area contributed by atoms with Crippen molar-refractivity contribution in [1.82, 2.24) is 14.8 Å². The number of halogens is 1. The smallest absolute Gasteiger partial charge is 0.307 e. The van der Waals surface area contributed by atoms with Gasteiger partial charge in [-0.05, 0) is 29.8 Å². The van der Waals surface area contributed by atoms with Crippen LogP contribution in [0.25, 0.3) is 5.82 Å². The third kappa shape index (κ3) is 2.92. The highest BCUT2D eigenvalue weighted by Gasteiger charge is 2.19. The lowest BCUT2D eigenvalue weighted by Gasteiger charge is -2.06. The van der Waals surface area contributed by atoms with Crippen molar-refractivity contribution in [3.8, 4) is 5.82 Å². The molecule has 0 saturated carbocycles. The van der Waals surface area contributed by atoms with Crippen LogP contribution < -0.4 is 0 Å². The van der Waals surface area contributed by atoms with Gasteiger partial charge in [-0.3, -0.25) is 14.9 Å². The quantitative estimate of drug-likeness (QED) is 0.665. The number of pyridine rings is 1. The molecule has 0 aliphatic heterocycles. The Kier molecular flexibility index (Phi) is 4.03. The lowest BCUT2D eigenvalue weighted by atomic mass is 10.1. The average molecular weight is 355 g/mol. The van der Waals surface area contributed by atoms with Crippen LogP contribution >= 0.6 is 15.9 Å². The molecule has 2 rings (SSSR count). The Hall–Kier alpha value is -2.29. The van der Waals surface area contributed by atoms with E-state index in [1.54, 1.807) is 13.8 Å². The van der Waals surface area contributed by atoms with E-state index in [0.29, 0.717) is 27.2 Å². The molecule has 0 bridgehead atoms. The summed E-state index contributed by atoms with van der Waals surface area (Å²) in [5, 5.41) is 23.9. The number of hydrogen-bond acceptors (Lipinski definition) is 5. The van der Waals surface area contributed by atoms with Crippen molar-refractivity contribution < 1.29 is 14.8 Å². The molecule has 21 heavy (non-hydrogen) atoms. The fraction of sp³-hybridized carbons (Fsp3) is 0.250. The highest BCUT2D eigenvalue weighted by Crippen LogP contribution is 2.26. The van der Waals surface area contributed by atoms with Gasteiger partial charge in [-0.2, -0.15) is 5.10 Å². The van der Waals surface area contributed by atoms with Crippen LogP contribution in [0.2, 0.25) is 0 Å². The Labute approximate surface area is 127 Å². The topological polar surface area (TPSA) is 111 Å². The second-order valence-electron chi connectivity index (χ2n) is 4.39. The van der Waals surface area contributed by atoms with E-state index in [1.165, 1.54) is 10.7 Å². The minimum absolute atomic E-state index is 0.137. The summed E-state index contributed by atoms with van der Waals surface area (Å²) in [5.74, 6) is -0.575. The molecule has 0 saturated heterocycles. The van der Waals surface area contributed by atoms with Gasteiger partial charge in [0.2, 0.25) is 0 Å². The van der Waals surface area contributed by atoms with E-state index in [9.17, 15) is 14.9 Å². The number of aromatic nitrogens is 3. The number of aryl methyl sites for hydroxylation is 1. The Morgan fingerprint density at radius 2 is 2.19 bits per heavy atom. The summed E-state index contributed by atoms with van der Waals surface area (Å²) in [4.78, 5) is 25.1. The fourth-order valence-electron chi connectivity index (χ4n) is 1.96. The number of carbonyl (C=O) groups is 1. The van der Waals surface area contributed by atoms with Crippen molar-refractivity contribution in [2.24, 2.45) is 0 Å². The Morgan fingerprint density at radius 1 is 1.52 bits per heavy atom. The second-order valence-corrected chi connectivity index (χ2v) is 5.24. The van der Waals surface area contributed by atoms with Gasteiger partial charge < -0.3 is 5.11 Å². The van der Waals surface area contributed by atoms with Crippen LogP contribution in [0.5, 0.6) is 0 Å². The Morgan fingerprint density at radius 3 is 2.71 bits per heavy atom. The summed E-state index contributed by atoms with van der Waals surface area (Å²) >= 11 is 3.23. The van der Waals surface area contributed by atoms with Gasteiger partial charge in [0.15, 0.2) is 5.82 Å². The number of rotatable bonds is 4. The zero-order valence-corrected chi connectivity index (χ0v) is 12.8. The zero-order chi connectivity index (χ0) is 15.7. The van der Waals surface area contributed by atoms with E-state index in [0.717, 1.165) is 6.20 Å². The van der Waals surface area contributed by atoms with Crippen molar-refractivity contribution >= 4 is 27.6 Å². The molecule has 0 spiro atoms. The summed E-state index contributed by atoms with van der Waals surface area (Å²) in [6.45, 7) is 3.44. The van der Waals surface area contributed by atoms with Crippen LogP contribution in [-0.4, -0.2) is 30.8 Å². The molecule has 0 amide bonds. The van der Waals surface area contributed by atoms with Crippen molar-refractivity contribution in [3.05, 3.63) is 43.8 Å². The molecule has 2 aromatic rings. The van der Waals surface area contributed by atoms with Crippen LogP contribution in [-0.2, 0) is 11.2 Å². The highest BCUT2D eigenvalue weighted by atomic mass is 79.9. The molecule has 8 nitrogen and oxygen atoms in total. The summed E-state index contributed by atoms with van der Waals surface area (Å²) in [6, 6.07) is 1.33. The molecule has 1 N–H and O–H groups in total. The molecule has 2 aromatic heterocycles. The number of hydrogen-bond donors (Lipinski definition) is 1. The van der Waals surface area contributed by atoms with Crippen LogP contribution in [0.15, 0.2) is 16.7 Å². The summed E-state index contributed by atoms with van der Waals surface area (Å²) < 4.78 is 1.88. The maximum absolute atomic E-state index is 10.9. The van der Waals surface area contributed by atoms with Gasteiger partial charge in [-0.25, -0.2) is 9.67 Å². The summed E-state index contributed by atoms with van der Waals surface area (Å²) in [6.07, 6.45) is 0.996. The molecular weight excluding hydrogens is 344 g/mol. The predicted octanol–water partition coefficient (Wildman–Crippen LogP) is 2.18. The van der Waals surface area contributed by atoms with Gasteiger partial charge in [0, 0.05) is 17.3 Å². The first-order valence-electron chi connectivity index (χ1n) is 5.88.